The Morgan fingerprint density at radius 3 is 2.52 bits per heavy atom. The fourth-order valence-electron chi connectivity index (χ4n) is 2.15. The lowest BCUT2D eigenvalue weighted by Crippen LogP contribution is -2.27. The minimum absolute atomic E-state index is 0.354. The fourth-order valence-corrected chi connectivity index (χ4v) is 2.40. The number of hydrogen-bond acceptors (Lipinski definition) is 2. The molecule has 3 N–H and O–H groups in total. The number of carbonyl (C=O) groups is 1. The Balaban J connectivity index is 2.35. The van der Waals surface area contributed by atoms with Gasteiger partial charge in [-0.3, -0.25) is 4.79 Å². The molecule has 0 aliphatic carbocycles. The summed E-state index contributed by atoms with van der Waals surface area (Å²) in [7, 11) is 0. The molecule has 0 bridgehead atoms. The van der Waals surface area contributed by atoms with E-state index in [2.05, 4.69) is 21.2 Å². The number of nitrogens with two attached hydrogens (primary N) is 1. The second-order valence-electron chi connectivity index (χ2n) is 5.01. The molecule has 0 aliphatic heterocycles. The van der Waals surface area contributed by atoms with Crippen LogP contribution in [0.25, 0.3) is 0 Å². The maximum atomic E-state index is 13.4. The predicted octanol–water partition coefficient (Wildman–Crippen LogP) is 3.84. The van der Waals surface area contributed by atoms with Crippen LogP contribution in [0.1, 0.15) is 22.7 Å². The molecule has 1 unspecified atom stereocenters. The molecule has 2 rings (SSSR count). The summed E-state index contributed by atoms with van der Waals surface area (Å²) in [5.41, 5.74) is 8.51. The molecule has 5 heteroatoms. The molecule has 0 saturated carbocycles. The summed E-state index contributed by atoms with van der Waals surface area (Å²) in [6.45, 7) is 3.72. The van der Waals surface area contributed by atoms with Gasteiger partial charge in [0.1, 0.15) is 11.9 Å². The van der Waals surface area contributed by atoms with E-state index in [1.807, 2.05) is 25.1 Å². The number of benzene rings is 2. The lowest BCUT2D eigenvalue weighted by molar-refractivity contribution is -0.118. The maximum Gasteiger partial charge on any atom is 0.244 e. The molecule has 0 saturated heterocycles. The van der Waals surface area contributed by atoms with Gasteiger partial charge in [0.15, 0.2) is 0 Å². The molecule has 0 spiro atoms. The van der Waals surface area contributed by atoms with Crippen LogP contribution in [-0.2, 0) is 4.79 Å². The number of anilines is 1. The third-order valence-electron chi connectivity index (χ3n) is 3.15. The Bertz CT molecular complexity index is 668. The molecule has 3 nitrogen and oxygen atoms in total. The summed E-state index contributed by atoms with van der Waals surface area (Å²) >= 11 is 3.42. The van der Waals surface area contributed by atoms with Gasteiger partial charge in [-0.25, -0.2) is 4.39 Å². The van der Waals surface area contributed by atoms with Gasteiger partial charge in [0.2, 0.25) is 5.91 Å². The SMILES string of the molecule is Cc1cc(F)cc(NC(C(N)=O)c2ccc(Br)c(C)c2)c1. The molecule has 0 aliphatic rings. The summed E-state index contributed by atoms with van der Waals surface area (Å²) < 4.78 is 14.4. The van der Waals surface area contributed by atoms with Crippen LogP contribution in [-0.4, -0.2) is 5.91 Å². The standard InChI is InChI=1S/C16H16BrFN2O/c1-9-5-12(18)8-13(6-9)20-15(16(19)21)11-3-4-14(17)10(2)7-11/h3-8,15,20H,1-2H3,(H2,19,21). The zero-order valence-corrected chi connectivity index (χ0v) is 13.4. The molecule has 0 radical (unpaired) electrons. The van der Waals surface area contributed by atoms with E-state index in [4.69, 9.17) is 5.73 Å². The lowest BCUT2D eigenvalue weighted by atomic mass is 10.0. The Labute approximate surface area is 131 Å². The van der Waals surface area contributed by atoms with Crippen LogP contribution in [0, 0.1) is 19.7 Å². The monoisotopic (exact) mass is 350 g/mol. The molecule has 21 heavy (non-hydrogen) atoms. The van der Waals surface area contributed by atoms with Gasteiger partial charge >= 0.3 is 0 Å². The molecule has 0 fully saturated rings. The first-order valence-corrected chi connectivity index (χ1v) is 7.25. The van der Waals surface area contributed by atoms with Crippen molar-refractivity contribution >= 4 is 27.5 Å². The molecule has 2 aromatic rings. The Kier molecular flexibility index (Phi) is 4.63. The van der Waals surface area contributed by atoms with E-state index >= 15 is 0 Å². The molecular formula is C16H16BrFN2O. The highest BCUT2D eigenvalue weighted by Gasteiger charge is 2.18. The van der Waals surface area contributed by atoms with E-state index in [1.165, 1.54) is 12.1 Å². The van der Waals surface area contributed by atoms with Crippen molar-refractivity contribution in [2.24, 2.45) is 5.73 Å². The Morgan fingerprint density at radius 1 is 1.24 bits per heavy atom. The van der Waals surface area contributed by atoms with E-state index in [0.29, 0.717) is 5.69 Å². The van der Waals surface area contributed by atoms with Crippen molar-refractivity contribution in [2.75, 3.05) is 5.32 Å². The minimum atomic E-state index is -0.710. The number of primary amides is 1. The van der Waals surface area contributed by atoms with E-state index in [1.54, 1.807) is 13.0 Å². The molecule has 1 amide bonds. The van der Waals surface area contributed by atoms with Gasteiger partial charge in [0, 0.05) is 10.2 Å². The van der Waals surface area contributed by atoms with E-state index in [-0.39, 0.29) is 5.82 Å². The molecular weight excluding hydrogens is 335 g/mol. The maximum absolute atomic E-state index is 13.4. The van der Waals surface area contributed by atoms with E-state index < -0.39 is 11.9 Å². The number of nitrogens with one attached hydrogen (secondary N) is 1. The summed E-state index contributed by atoms with van der Waals surface area (Å²) in [6, 6.07) is 9.37. The topological polar surface area (TPSA) is 55.1 Å². The van der Waals surface area contributed by atoms with Crippen LogP contribution in [0.4, 0.5) is 10.1 Å². The Hall–Kier alpha value is -1.88. The second-order valence-corrected chi connectivity index (χ2v) is 5.86. The third-order valence-corrected chi connectivity index (χ3v) is 4.04. The van der Waals surface area contributed by atoms with Gasteiger partial charge in [0.05, 0.1) is 0 Å². The van der Waals surface area contributed by atoms with Gasteiger partial charge < -0.3 is 11.1 Å². The van der Waals surface area contributed by atoms with Crippen LogP contribution < -0.4 is 11.1 Å². The summed E-state index contributed by atoms with van der Waals surface area (Å²) in [6.07, 6.45) is 0. The summed E-state index contributed by atoms with van der Waals surface area (Å²) in [4.78, 5) is 11.7. The highest BCUT2D eigenvalue weighted by molar-refractivity contribution is 9.10. The predicted molar refractivity (Wildman–Crippen MR) is 85.6 cm³/mol. The number of amides is 1. The zero-order chi connectivity index (χ0) is 15.6. The van der Waals surface area contributed by atoms with Crippen LogP contribution in [0.5, 0.6) is 0 Å². The number of aryl methyl sites for hydroxylation is 2. The first kappa shape index (κ1) is 15.5. The average molecular weight is 351 g/mol. The van der Waals surface area contributed by atoms with Gasteiger partial charge in [-0.05, 0) is 54.8 Å². The quantitative estimate of drug-likeness (QED) is 0.879. The highest BCUT2D eigenvalue weighted by atomic mass is 79.9. The third kappa shape index (κ3) is 3.82. The van der Waals surface area contributed by atoms with Gasteiger partial charge in [0.25, 0.3) is 0 Å². The van der Waals surface area contributed by atoms with Crippen LogP contribution in [0.15, 0.2) is 40.9 Å². The molecule has 0 aromatic heterocycles. The highest BCUT2D eigenvalue weighted by Crippen LogP contribution is 2.25. The summed E-state index contributed by atoms with van der Waals surface area (Å²) in [5, 5.41) is 2.99. The number of carbonyl (C=O) groups excluding carboxylic acids is 1. The van der Waals surface area contributed by atoms with Crippen LogP contribution in [0.2, 0.25) is 0 Å². The minimum Gasteiger partial charge on any atom is -0.370 e. The van der Waals surface area contributed by atoms with Gasteiger partial charge in [-0.15, -0.1) is 0 Å². The molecule has 0 heterocycles. The smallest absolute Gasteiger partial charge is 0.244 e. The molecule has 110 valence electrons. The zero-order valence-electron chi connectivity index (χ0n) is 11.8. The lowest BCUT2D eigenvalue weighted by Gasteiger charge is -2.18. The van der Waals surface area contributed by atoms with Gasteiger partial charge in [-0.2, -0.15) is 0 Å². The first-order chi connectivity index (χ1) is 9.86. The fraction of sp³-hybridized carbons (Fsp3) is 0.188. The number of hydrogen-bond donors (Lipinski definition) is 2. The Morgan fingerprint density at radius 2 is 1.95 bits per heavy atom. The van der Waals surface area contributed by atoms with E-state index in [9.17, 15) is 9.18 Å². The normalized spacial score (nSPS) is 12.0. The van der Waals surface area contributed by atoms with Gasteiger partial charge in [-0.1, -0.05) is 28.1 Å². The van der Waals surface area contributed by atoms with Crippen molar-refractivity contribution in [1.29, 1.82) is 0 Å². The van der Waals surface area contributed by atoms with Crippen molar-refractivity contribution in [1.82, 2.24) is 0 Å². The van der Waals surface area contributed by atoms with Crippen molar-refractivity contribution in [3.63, 3.8) is 0 Å². The second kappa shape index (κ2) is 6.26. The van der Waals surface area contributed by atoms with Crippen molar-refractivity contribution in [2.45, 2.75) is 19.9 Å². The van der Waals surface area contributed by atoms with Crippen molar-refractivity contribution in [3.8, 4) is 0 Å². The number of halogens is 2. The van der Waals surface area contributed by atoms with Crippen LogP contribution >= 0.6 is 15.9 Å². The average Bonchev–Trinajstić information content (AvgIpc) is 2.38. The largest absolute Gasteiger partial charge is 0.370 e. The molecule has 2 aromatic carbocycles. The van der Waals surface area contributed by atoms with E-state index in [0.717, 1.165) is 21.2 Å². The van der Waals surface area contributed by atoms with Crippen molar-refractivity contribution < 1.29 is 9.18 Å². The van der Waals surface area contributed by atoms with Crippen molar-refractivity contribution in [3.05, 3.63) is 63.4 Å². The molecule has 1 atom stereocenters. The van der Waals surface area contributed by atoms with Crippen LogP contribution in [0.3, 0.4) is 0 Å². The first-order valence-electron chi connectivity index (χ1n) is 6.46. The summed E-state index contributed by atoms with van der Waals surface area (Å²) in [5.74, 6) is -0.869. The number of rotatable bonds is 4.